The van der Waals surface area contributed by atoms with Crippen molar-refractivity contribution in [1.29, 1.82) is 0 Å². The Hall–Kier alpha value is 0.100. The van der Waals surface area contributed by atoms with E-state index in [-0.39, 0.29) is 17.5 Å². The van der Waals surface area contributed by atoms with Crippen LogP contribution in [0.4, 0.5) is 13.2 Å². The van der Waals surface area contributed by atoms with Gasteiger partial charge in [0, 0.05) is 18.3 Å². The number of thioether (sulfide) groups is 1. The van der Waals surface area contributed by atoms with Gasteiger partial charge in [-0.25, -0.2) is 0 Å². The van der Waals surface area contributed by atoms with Gasteiger partial charge < -0.3 is 5.32 Å². The first kappa shape index (κ1) is 12.2. The summed E-state index contributed by atoms with van der Waals surface area (Å²) in [5.41, 5.74) is -4.08. The summed E-state index contributed by atoms with van der Waals surface area (Å²) in [6.07, 6.45) is 3.51. The van der Waals surface area contributed by atoms with Crippen molar-refractivity contribution >= 4 is 11.8 Å². The molecule has 84 valence electrons. The number of alkyl halides is 3. The standard InChI is InChI=1S/C9H16F3NS/c1-2-3-7-6-8(7)13-4-5-14-9(10,11)12/h7-8,13H,2-6H2,1H3. The molecule has 0 aromatic rings. The van der Waals surface area contributed by atoms with E-state index in [1.165, 1.54) is 12.8 Å². The number of halogens is 3. The van der Waals surface area contributed by atoms with Crippen LogP contribution in [0.2, 0.25) is 0 Å². The molecule has 0 spiro atoms. The van der Waals surface area contributed by atoms with Crippen molar-refractivity contribution < 1.29 is 13.2 Å². The van der Waals surface area contributed by atoms with Gasteiger partial charge in [-0.2, -0.15) is 13.2 Å². The lowest BCUT2D eigenvalue weighted by Crippen LogP contribution is -2.22. The van der Waals surface area contributed by atoms with Crippen LogP contribution in [0.5, 0.6) is 0 Å². The summed E-state index contributed by atoms with van der Waals surface area (Å²) in [5, 5.41) is 3.14. The van der Waals surface area contributed by atoms with Gasteiger partial charge in [-0.05, 0) is 30.5 Å². The fourth-order valence-corrected chi connectivity index (χ4v) is 2.05. The van der Waals surface area contributed by atoms with E-state index < -0.39 is 5.51 Å². The molecule has 14 heavy (non-hydrogen) atoms. The van der Waals surface area contributed by atoms with Crippen LogP contribution in [0.3, 0.4) is 0 Å². The van der Waals surface area contributed by atoms with E-state index in [1.54, 1.807) is 0 Å². The summed E-state index contributed by atoms with van der Waals surface area (Å²) >= 11 is 0.0554. The summed E-state index contributed by atoms with van der Waals surface area (Å²) in [6.45, 7) is 2.60. The summed E-state index contributed by atoms with van der Waals surface area (Å²) in [6, 6.07) is 0.490. The topological polar surface area (TPSA) is 12.0 Å². The second kappa shape index (κ2) is 5.26. The van der Waals surface area contributed by atoms with Crippen molar-refractivity contribution in [3.63, 3.8) is 0 Å². The maximum atomic E-state index is 11.7. The molecule has 1 aliphatic rings. The average Bonchev–Trinajstić information content (AvgIpc) is 2.77. The summed E-state index contributed by atoms with van der Waals surface area (Å²) in [4.78, 5) is 0. The highest BCUT2D eigenvalue weighted by Gasteiger charge is 2.35. The average molecular weight is 227 g/mol. The fourth-order valence-electron chi connectivity index (χ4n) is 1.60. The lowest BCUT2D eigenvalue weighted by molar-refractivity contribution is -0.0327. The zero-order valence-electron chi connectivity index (χ0n) is 8.23. The van der Waals surface area contributed by atoms with E-state index in [0.29, 0.717) is 12.6 Å². The van der Waals surface area contributed by atoms with Crippen molar-refractivity contribution in [2.45, 2.75) is 37.7 Å². The van der Waals surface area contributed by atoms with Crippen molar-refractivity contribution in [2.75, 3.05) is 12.3 Å². The minimum absolute atomic E-state index is 0.0554. The van der Waals surface area contributed by atoms with E-state index >= 15 is 0 Å². The van der Waals surface area contributed by atoms with Gasteiger partial charge in [-0.3, -0.25) is 0 Å². The van der Waals surface area contributed by atoms with E-state index in [0.717, 1.165) is 12.3 Å². The molecule has 1 rings (SSSR count). The number of hydrogen-bond acceptors (Lipinski definition) is 2. The van der Waals surface area contributed by atoms with Crippen LogP contribution in [0.25, 0.3) is 0 Å². The normalized spacial score (nSPS) is 26.6. The number of nitrogens with one attached hydrogen (secondary N) is 1. The molecule has 1 aliphatic carbocycles. The summed E-state index contributed by atoms with van der Waals surface area (Å²) in [7, 11) is 0. The van der Waals surface area contributed by atoms with Gasteiger partial charge in [0.15, 0.2) is 0 Å². The van der Waals surface area contributed by atoms with Gasteiger partial charge in [0.2, 0.25) is 0 Å². The Kier molecular flexibility index (Phi) is 4.57. The molecule has 0 saturated heterocycles. The van der Waals surface area contributed by atoms with Crippen LogP contribution in [0, 0.1) is 5.92 Å². The summed E-state index contributed by atoms with van der Waals surface area (Å²) < 4.78 is 35.2. The minimum Gasteiger partial charge on any atom is -0.313 e. The molecule has 1 nitrogen and oxygen atoms in total. The fraction of sp³-hybridized carbons (Fsp3) is 1.00. The molecule has 0 amide bonds. The molecule has 1 saturated carbocycles. The highest BCUT2D eigenvalue weighted by atomic mass is 32.2. The van der Waals surface area contributed by atoms with Crippen LogP contribution < -0.4 is 5.32 Å². The molecular formula is C9H16F3NS. The molecule has 1 N–H and O–H groups in total. The molecule has 0 aromatic heterocycles. The summed E-state index contributed by atoms with van der Waals surface area (Å²) in [5.74, 6) is 0.842. The van der Waals surface area contributed by atoms with Crippen LogP contribution in [-0.4, -0.2) is 23.8 Å². The van der Waals surface area contributed by atoms with Crippen molar-refractivity contribution in [2.24, 2.45) is 5.92 Å². The van der Waals surface area contributed by atoms with Gasteiger partial charge in [-0.1, -0.05) is 13.3 Å². The number of hydrogen-bond donors (Lipinski definition) is 1. The Morgan fingerprint density at radius 3 is 2.71 bits per heavy atom. The lowest BCUT2D eigenvalue weighted by atomic mass is 10.2. The second-order valence-corrected chi connectivity index (χ2v) is 4.80. The minimum atomic E-state index is -4.08. The molecular weight excluding hydrogens is 211 g/mol. The molecule has 0 aliphatic heterocycles. The second-order valence-electron chi connectivity index (χ2n) is 3.64. The van der Waals surface area contributed by atoms with Gasteiger partial charge in [0.05, 0.1) is 0 Å². The van der Waals surface area contributed by atoms with Crippen LogP contribution >= 0.6 is 11.8 Å². The smallest absolute Gasteiger partial charge is 0.313 e. The predicted molar refractivity (Wildman–Crippen MR) is 53.3 cm³/mol. The Bertz CT molecular complexity index is 172. The quantitative estimate of drug-likeness (QED) is 0.700. The Morgan fingerprint density at radius 2 is 2.14 bits per heavy atom. The molecule has 2 unspecified atom stereocenters. The first-order valence-electron chi connectivity index (χ1n) is 4.97. The predicted octanol–water partition coefficient (Wildman–Crippen LogP) is 3.02. The highest BCUT2D eigenvalue weighted by Crippen LogP contribution is 2.35. The van der Waals surface area contributed by atoms with Gasteiger partial charge >= 0.3 is 5.51 Å². The van der Waals surface area contributed by atoms with E-state index in [9.17, 15) is 13.2 Å². The third-order valence-electron chi connectivity index (χ3n) is 2.36. The SMILES string of the molecule is CCCC1CC1NCCSC(F)(F)F. The van der Waals surface area contributed by atoms with E-state index in [4.69, 9.17) is 0 Å². The molecule has 5 heteroatoms. The van der Waals surface area contributed by atoms with Crippen molar-refractivity contribution in [3.05, 3.63) is 0 Å². The third kappa shape index (κ3) is 5.10. The maximum Gasteiger partial charge on any atom is 0.441 e. The largest absolute Gasteiger partial charge is 0.441 e. The van der Waals surface area contributed by atoms with Gasteiger partial charge in [0.25, 0.3) is 0 Å². The van der Waals surface area contributed by atoms with E-state index in [1.807, 2.05) is 0 Å². The Morgan fingerprint density at radius 1 is 1.43 bits per heavy atom. The molecule has 0 radical (unpaired) electrons. The van der Waals surface area contributed by atoms with Crippen LogP contribution in [-0.2, 0) is 0 Å². The monoisotopic (exact) mass is 227 g/mol. The van der Waals surface area contributed by atoms with Gasteiger partial charge in [-0.15, -0.1) is 0 Å². The molecule has 2 atom stereocenters. The van der Waals surface area contributed by atoms with E-state index in [2.05, 4.69) is 12.2 Å². The molecule has 0 bridgehead atoms. The lowest BCUT2D eigenvalue weighted by Gasteiger charge is -2.06. The Balaban J connectivity index is 1.91. The molecule has 1 fully saturated rings. The van der Waals surface area contributed by atoms with Crippen LogP contribution in [0.15, 0.2) is 0 Å². The van der Waals surface area contributed by atoms with Crippen molar-refractivity contribution in [3.8, 4) is 0 Å². The zero-order chi connectivity index (χ0) is 10.6. The maximum absolute atomic E-state index is 11.7. The molecule has 0 aromatic carbocycles. The van der Waals surface area contributed by atoms with Gasteiger partial charge in [0.1, 0.15) is 0 Å². The molecule has 0 heterocycles. The number of rotatable bonds is 6. The Labute approximate surface area is 86.8 Å². The first-order valence-corrected chi connectivity index (χ1v) is 5.95. The highest BCUT2D eigenvalue weighted by molar-refractivity contribution is 8.00. The first-order chi connectivity index (χ1) is 6.53. The zero-order valence-corrected chi connectivity index (χ0v) is 9.05. The van der Waals surface area contributed by atoms with Crippen molar-refractivity contribution in [1.82, 2.24) is 5.32 Å². The third-order valence-corrected chi connectivity index (χ3v) is 3.09. The van der Waals surface area contributed by atoms with Crippen LogP contribution in [0.1, 0.15) is 26.2 Å².